The molecular weight excluding hydrogens is 272 g/mol. The predicted molar refractivity (Wildman–Crippen MR) is 90.9 cm³/mol. The number of furan rings is 1. The number of rotatable bonds is 3. The minimum atomic E-state index is 0.871. The van der Waals surface area contributed by atoms with Crippen LogP contribution >= 0.6 is 0 Å². The minimum absolute atomic E-state index is 0.871. The van der Waals surface area contributed by atoms with Gasteiger partial charge in [0.25, 0.3) is 0 Å². The van der Waals surface area contributed by atoms with Crippen molar-refractivity contribution in [2.24, 2.45) is 0 Å². The van der Waals surface area contributed by atoms with E-state index >= 15 is 0 Å². The number of aromatic nitrogens is 1. The Hall–Kier alpha value is -2.52. The fourth-order valence-corrected chi connectivity index (χ4v) is 3.00. The Labute approximate surface area is 129 Å². The van der Waals surface area contributed by atoms with Crippen LogP contribution in [0.3, 0.4) is 0 Å². The zero-order valence-electron chi connectivity index (χ0n) is 12.8. The summed E-state index contributed by atoms with van der Waals surface area (Å²) in [6.45, 7) is 0.871. The van der Waals surface area contributed by atoms with Gasteiger partial charge >= 0.3 is 0 Å². The van der Waals surface area contributed by atoms with Crippen molar-refractivity contribution >= 4 is 21.9 Å². The summed E-state index contributed by atoms with van der Waals surface area (Å²) in [7, 11) is 4.17. The Kier molecular flexibility index (Phi) is 3.01. The first-order chi connectivity index (χ1) is 10.7. The van der Waals surface area contributed by atoms with E-state index in [0.717, 1.165) is 34.5 Å². The molecule has 3 nitrogen and oxygen atoms in total. The number of hydrogen-bond donors (Lipinski definition) is 1. The number of para-hydroxylation sites is 2. The van der Waals surface area contributed by atoms with Gasteiger partial charge in [0, 0.05) is 28.4 Å². The summed E-state index contributed by atoms with van der Waals surface area (Å²) in [5.41, 5.74) is 4.42. The molecule has 3 heteroatoms. The molecule has 1 N–H and O–H groups in total. The third kappa shape index (κ3) is 2.11. The van der Waals surface area contributed by atoms with E-state index in [1.54, 1.807) is 0 Å². The Balaban J connectivity index is 1.96. The zero-order valence-corrected chi connectivity index (χ0v) is 12.8. The van der Waals surface area contributed by atoms with Crippen molar-refractivity contribution in [1.29, 1.82) is 0 Å². The van der Waals surface area contributed by atoms with E-state index < -0.39 is 0 Å². The smallest absolute Gasteiger partial charge is 0.151 e. The summed E-state index contributed by atoms with van der Waals surface area (Å²) in [6, 6.07) is 18.6. The van der Waals surface area contributed by atoms with Crippen molar-refractivity contribution in [2.75, 3.05) is 14.1 Å². The van der Waals surface area contributed by atoms with Crippen LogP contribution in [0, 0.1) is 0 Å². The lowest BCUT2D eigenvalue weighted by atomic mass is 10.1. The van der Waals surface area contributed by atoms with E-state index in [2.05, 4.69) is 60.4 Å². The van der Waals surface area contributed by atoms with Crippen molar-refractivity contribution in [3.8, 4) is 11.5 Å². The Bertz CT molecular complexity index is 913. The predicted octanol–water partition coefficient (Wildman–Crippen LogP) is 4.64. The summed E-state index contributed by atoms with van der Waals surface area (Å²) in [6.07, 6.45) is 0. The van der Waals surface area contributed by atoms with Gasteiger partial charge in [-0.15, -0.1) is 0 Å². The first-order valence-electron chi connectivity index (χ1n) is 7.45. The van der Waals surface area contributed by atoms with Crippen LogP contribution in [0.4, 0.5) is 0 Å². The zero-order chi connectivity index (χ0) is 15.1. The molecule has 0 bridgehead atoms. The van der Waals surface area contributed by atoms with Gasteiger partial charge in [-0.05, 0) is 32.3 Å². The molecule has 0 aliphatic heterocycles. The monoisotopic (exact) mass is 290 g/mol. The highest BCUT2D eigenvalue weighted by molar-refractivity contribution is 5.92. The fourth-order valence-electron chi connectivity index (χ4n) is 3.00. The highest BCUT2D eigenvalue weighted by atomic mass is 16.3. The highest BCUT2D eigenvalue weighted by Gasteiger charge is 2.16. The number of fused-ring (bicyclic) bond motifs is 2. The number of benzene rings is 2. The molecule has 110 valence electrons. The first kappa shape index (κ1) is 13.2. The average Bonchev–Trinajstić information content (AvgIpc) is 3.08. The Morgan fingerprint density at radius 2 is 1.77 bits per heavy atom. The number of nitrogens with one attached hydrogen (secondary N) is 1. The molecule has 0 spiro atoms. The van der Waals surface area contributed by atoms with Crippen LogP contribution in [0.1, 0.15) is 5.56 Å². The number of hydrogen-bond acceptors (Lipinski definition) is 2. The quantitative estimate of drug-likeness (QED) is 0.596. The lowest BCUT2D eigenvalue weighted by Gasteiger charge is -2.10. The molecule has 0 saturated carbocycles. The molecule has 0 radical (unpaired) electrons. The van der Waals surface area contributed by atoms with E-state index in [4.69, 9.17) is 4.42 Å². The molecule has 0 aliphatic carbocycles. The number of nitrogens with zero attached hydrogens (tertiary/aromatic N) is 1. The summed E-state index contributed by atoms with van der Waals surface area (Å²) in [5.74, 6) is 0.897. The van der Waals surface area contributed by atoms with E-state index in [1.165, 1.54) is 10.9 Å². The van der Waals surface area contributed by atoms with Crippen LogP contribution in [0.5, 0.6) is 0 Å². The maximum atomic E-state index is 6.06. The van der Waals surface area contributed by atoms with Gasteiger partial charge in [0.15, 0.2) is 5.76 Å². The van der Waals surface area contributed by atoms with Crippen LogP contribution in [-0.2, 0) is 6.54 Å². The average molecular weight is 290 g/mol. The van der Waals surface area contributed by atoms with Gasteiger partial charge in [0.1, 0.15) is 5.58 Å². The molecule has 0 unspecified atom stereocenters. The van der Waals surface area contributed by atoms with Crippen LogP contribution < -0.4 is 0 Å². The Morgan fingerprint density at radius 3 is 2.59 bits per heavy atom. The molecule has 4 aromatic rings. The molecule has 0 aliphatic rings. The molecule has 2 heterocycles. The third-order valence-corrected chi connectivity index (χ3v) is 3.96. The molecular formula is C19H18N2O. The fraction of sp³-hybridized carbons (Fsp3) is 0.158. The molecule has 22 heavy (non-hydrogen) atoms. The van der Waals surface area contributed by atoms with Crippen molar-refractivity contribution in [3.05, 3.63) is 60.2 Å². The normalized spacial score (nSPS) is 11.8. The van der Waals surface area contributed by atoms with Gasteiger partial charge in [-0.3, -0.25) is 0 Å². The summed E-state index contributed by atoms with van der Waals surface area (Å²) in [5, 5.41) is 2.39. The molecule has 4 rings (SSSR count). The van der Waals surface area contributed by atoms with Crippen LogP contribution in [-0.4, -0.2) is 24.0 Å². The highest BCUT2D eigenvalue weighted by Crippen LogP contribution is 2.34. The molecule has 0 amide bonds. The van der Waals surface area contributed by atoms with Gasteiger partial charge < -0.3 is 14.3 Å². The third-order valence-electron chi connectivity index (χ3n) is 3.96. The maximum Gasteiger partial charge on any atom is 0.151 e. The Morgan fingerprint density at radius 1 is 1.00 bits per heavy atom. The summed E-state index contributed by atoms with van der Waals surface area (Å²) >= 11 is 0. The van der Waals surface area contributed by atoms with E-state index in [-0.39, 0.29) is 0 Å². The molecule has 2 aromatic heterocycles. The van der Waals surface area contributed by atoms with Crippen LogP contribution in [0.25, 0.3) is 33.3 Å². The van der Waals surface area contributed by atoms with Crippen LogP contribution in [0.15, 0.2) is 59.0 Å². The van der Waals surface area contributed by atoms with Gasteiger partial charge in [-0.2, -0.15) is 0 Å². The maximum absolute atomic E-state index is 6.06. The molecule has 2 aromatic carbocycles. The number of aromatic amines is 1. The van der Waals surface area contributed by atoms with Gasteiger partial charge in [-0.1, -0.05) is 36.4 Å². The number of H-pyrrole nitrogens is 1. The van der Waals surface area contributed by atoms with Gasteiger partial charge in [0.2, 0.25) is 0 Å². The van der Waals surface area contributed by atoms with E-state index in [0.29, 0.717) is 0 Å². The van der Waals surface area contributed by atoms with Crippen molar-refractivity contribution < 1.29 is 4.42 Å². The molecule has 0 atom stereocenters. The standard InChI is InChI=1S/C19H18N2O/c1-21(2)12-15-14-8-4-5-9-16(14)20-19(15)18-11-13-7-3-6-10-17(13)22-18/h3-11,20H,12H2,1-2H3. The van der Waals surface area contributed by atoms with E-state index in [1.807, 2.05) is 18.2 Å². The second-order valence-electron chi connectivity index (χ2n) is 5.91. The second-order valence-corrected chi connectivity index (χ2v) is 5.91. The molecule has 0 saturated heterocycles. The largest absolute Gasteiger partial charge is 0.455 e. The summed E-state index contributed by atoms with van der Waals surface area (Å²) < 4.78 is 6.06. The van der Waals surface area contributed by atoms with Crippen molar-refractivity contribution in [3.63, 3.8) is 0 Å². The van der Waals surface area contributed by atoms with Gasteiger partial charge in [0.05, 0.1) is 5.69 Å². The topological polar surface area (TPSA) is 32.2 Å². The summed E-state index contributed by atoms with van der Waals surface area (Å²) in [4.78, 5) is 5.71. The van der Waals surface area contributed by atoms with Crippen LogP contribution in [0.2, 0.25) is 0 Å². The molecule has 0 fully saturated rings. The minimum Gasteiger partial charge on any atom is -0.455 e. The van der Waals surface area contributed by atoms with Gasteiger partial charge in [-0.25, -0.2) is 0 Å². The van der Waals surface area contributed by atoms with Crippen molar-refractivity contribution in [2.45, 2.75) is 6.54 Å². The first-order valence-corrected chi connectivity index (χ1v) is 7.45. The SMILES string of the molecule is CN(C)Cc1c(-c2cc3ccccc3o2)[nH]c2ccccc12. The van der Waals surface area contributed by atoms with Crippen molar-refractivity contribution in [1.82, 2.24) is 9.88 Å². The lowest BCUT2D eigenvalue weighted by molar-refractivity contribution is 0.404. The lowest BCUT2D eigenvalue weighted by Crippen LogP contribution is -2.10. The van der Waals surface area contributed by atoms with E-state index in [9.17, 15) is 0 Å². The second kappa shape index (κ2) is 5.04.